The van der Waals surface area contributed by atoms with Crippen molar-refractivity contribution in [2.45, 2.75) is 17.5 Å². The number of rotatable bonds is 8. The highest BCUT2D eigenvalue weighted by molar-refractivity contribution is 7.98. The molecule has 0 fully saturated rings. The molecule has 0 unspecified atom stereocenters. The molecule has 0 aliphatic carbocycles. The first-order valence-electron chi connectivity index (χ1n) is 10.3. The fourth-order valence-corrected chi connectivity index (χ4v) is 4.05. The van der Waals surface area contributed by atoms with Crippen LogP contribution in [-0.4, -0.2) is 25.7 Å². The minimum absolute atomic E-state index is 0.0502. The van der Waals surface area contributed by atoms with Crippen molar-refractivity contribution in [2.75, 3.05) is 5.32 Å². The van der Waals surface area contributed by atoms with Crippen LogP contribution in [0.4, 0.5) is 25.0 Å². The van der Waals surface area contributed by atoms with Gasteiger partial charge < -0.3 is 10.6 Å². The van der Waals surface area contributed by atoms with E-state index in [9.17, 15) is 23.7 Å². The maximum Gasteiger partial charge on any atom is 0.319 e. The average molecular weight is 496 g/mol. The van der Waals surface area contributed by atoms with Gasteiger partial charge in [-0.25, -0.2) is 13.6 Å². The van der Waals surface area contributed by atoms with Crippen LogP contribution in [0.3, 0.4) is 0 Å². The predicted octanol–water partition coefficient (Wildman–Crippen LogP) is 5.07. The number of halogens is 2. The molecule has 1 aromatic heterocycles. The number of nitro groups is 1. The Hall–Kier alpha value is -4.32. The van der Waals surface area contributed by atoms with E-state index >= 15 is 0 Å². The SMILES string of the molecule is O=C(NCc1nnc(SCc2ccccc2)n1-c1ccc([N+](=O)[O-])cc1)Nc1ccc(F)c(F)c1. The summed E-state index contributed by atoms with van der Waals surface area (Å²) in [5.74, 6) is -1.13. The molecule has 2 N–H and O–H groups in total. The zero-order valence-corrected chi connectivity index (χ0v) is 18.8. The van der Waals surface area contributed by atoms with Crippen LogP contribution in [0.2, 0.25) is 0 Å². The summed E-state index contributed by atoms with van der Waals surface area (Å²) in [6.07, 6.45) is 0. The highest BCUT2D eigenvalue weighted by Gasteiger charge is 2.17. The van der Waals surface area contributed by atoms with Crippen molar-refractivity contribution in [1.29, 1.82) is 0 Å². The molecule has 0 aliphatic heterocycles. The van der Waals surface area contributed by atoms with Gasteiger partial charge in [0.2, 0.25) is 0 Å². The van der Waals surface area contributed by atoms with E-state index in [1.165, 1.54) is 30.0 Å². The van der Waals surface area contributed by atoms with Gasteiger partial charge in [-0.15, -0.1) is 10.2 Å². The van der Waals surface area contributed by atoms with E-state index in [4.69, 9.17) is 0 Å². The fraction of sp³-hybridized carbons (Fsp3) is 0.0870. The highest BCUT2D eigenvalue weighted by atomic mass is 32.2. The number of aromatic nitrogens is 3. The molecule has 4 aromatic rings. The standard InChI is InChI=1S/C23H18F2N6O3S/c24-19-11-6-16(12-20(19)25)27-22(32)26-13-21-28-29-23(35-14-15-4-2-1-3-5-15)30(21)17-7-9-18(10-8-17)31(33)34/h1-12H,13-14H2,(H2,26,27,32). The molecule has 1 heterocycles. The number of thioether (sulfide) groups is 1. The molecule has 4 rings (SSSR count). The molecule has 0 bridgehead atoms. The molecule has 2 amide bonds. The molecule has 0 aliphatic rings. The third kappa shape index (κ3) is 5.98. The number of hydrogen-bond donors (Lipinski definition) is 2. The zero-order valence-electron chi connectivity index (χ0n) is 18.0. The minimum Gasteiger partial charge on any atom is -0.331 e. The Morgan fingerprint density at radius 2 is 1.74 bits per heavy atom. The number of benzene rings is 3. The average Bonchev–Trinajstić information content (AvgIpc) is 3.27. The first-order valence-corrected chi connectivity index (χ1v) is 11.2. The van der Waals surface area contributed by atoms with E-state index in [0.29, 0.717) is 22.4 Å². The first-order chi connectivity index (χ1) is 16.9. The summed E-state index contributed by atoms with van der Waals surface area (Å²) in [6.45, 7) is -0.0502. The molecule has 35 heavy (non-hydrogen) atoms. The fourth-order valence-electron chi connectivity index (χ4n) is 3.12. The van der Waals surface area contributed by atoms with E-state index in [2.05, 4.69) is 20.8 Å². The summed E-state index contributed by atoms with van der Waals surface area (Å²) in [5.41, 5.74) is 1.67. The molecule has 0 saturated heterocycles. The summed E-state index contributed by atoms with van der Waals surface area (Å²) in [5, 5.41) is 25.0. The third-order valence-electron chi connectivity index (χ3n) is 4.81. The molecule has 0 saturated carbocycles. The predicted molar refractivity (Wildman–Crippen MR) is 126 cm³/mol. The number of anilines is 1. The number of amides is 2. The number of non-ortho nitro benzene ring substituents is 1. The first kappa shape index (κ1) is 23.8. The molecule has 12 heteroatoms. The summed E-state index contributed by atoms with van der Waals surface area (Å²) < 4.78 is 28.2. The number of nitrogens with zero attached hydrogens (tertiary/aromatic N) is 4. The Bertz CT molecular complexity index is 1350. The third-order valence-corrected chi connectivity index (χ3v) is 5.81. The Kier molecular flexibility index (Phi) is 7.31. The number of urea groups is 1. The molecule has 0 atom stereocenters. The van der Waals surface area contributed by atoms with E-state index < -0.39 is 22.6 Å². The monoisotopic (exact) mass is 496 g/mol. The number of nitro benzene ring substituents is 1. The summed E-state index contributed by atoms with van der Waals surface area (Å²) in [7, 11) is 0. The second-order valence-corrected chi connectivity index (χ2v) is 8.16. The molecule has 0 radical (unpaired) electrons. The summed E-state index contributed by atoms with van der Waals surface area (Å²) in [6, 6.07) is 18.0. The van der Waals surface area contributed by atoms with Crippen LogP contribution in [0.1, 0.15) is 11.4 Å². The lowest BCUT2D eigenvalue weighted by Gasteiger charge is -2.12. The van der Waals surface area contributed by atoms with Crippen LogP contribution in [0.15, 0.2) is 78.0 Å². The van der Waals surface area contributed by atoms with Crippen molar-refractivity contribution in [1.82, 2.24) is 20.1 Å². The molecule has 3 aromatic carbocycles. The normalized spacial score (nSPS) is 10.7. The van der Waals surface area contributed by atoms with Crippen LogP contribution in [0, 0.1) is 21.7 Å². The lowest BCUT2D eigenvalue weighted by molar-refractivity contribution is -0.384. The largest absolute Gasteiger partial charge is 0.331 e. The second kappa shape index (κ2) is 10.7. The maximum absolute atomic E-state index is 13.4. The Morgan fingerprint density at radius 3 is 2.43 bits per heavy atom. The molecule has 0 spiro atoms. The lowest BCUT2D eigenvalue weighted by Crippen LogP contribution is -2.29. The van der Waals surface area contributed by atoms with Crippen LogP contribution < -0.4 is 10.6 Å². The Balaban J connectivity index is 1.53. The van der Waals surface area contributed by atoms with E-state index in [-0.39, 0.29) is 17.9 Å². The smallest absolute Gasteiger partial charge is 0.319 e. The van der Waals surface area contributed by atoms with Crippen molar-refractivity contribution in [3.63, 3.8) is 0 Å². The van der Waals surface area contributed by atoms with Crippen LogP contribution >= 0.6 is 11.8 Å². The molecular formula is C23H18F2N6O3S. The number of hydrogen-bond acceptors (Lipinski definition) is 6. The van der Waals surface area contributed by atoms with Gasteiger partial charge in [0.05, 0.1) is 11.5 Å². The van der Waals surface area contributed by atoms with Gasteiger partial charge in [-0.2, -0.15) is 0 Å². The van der Waals surface area contributed by atoms with Crippen LogP contribution in [-0.2, 0) is 12.3 Å². The maximum atomic E-state index is 13.4. The van der Waals surface area contributed by atoms with Gasteiger partial charge in [-0.05, 0) is 29.8 Å². The van der Waals surface area contributed by atoms with Crippen molar-refractivity contribution >= 4 is 29.2 Å². The summed E-state index contributed by atoms with van der Waals surface area (Å²) >= 11 is 1.42. The van der Waals surface area contributed by atoms with Gasteiger partial charge in [-0.1, -0.05) is 42.1 Å². The van der Waals surface area contributed by atoms with E-state index in [1.54, 1.807) is 16.7 Å². The Labute approximate surface area is 202 Å². The van der Waals surface area contributed by atoms with Gasteiger partial charge in [0.15, 0.2) is 22.6 Å². The highest BCUT2D eigenvalue weighted by Crippen LogP contribution is 2.26. The Morgan fingerprint density at radius 1 is 1.00 bits per heavy atom. The van der Waals surface area contributed by atoms with Gasteiger partial charge in [0.25, 0.3) is 5.69 Å². The van der Waals surface area contributed by atoms with Crippen molar-refractivity contribution in [2.24, 2.45) is 0 Å². The van der Waals surface area contributed by atoms with Crippen LogP contribution in [0.25, 0.3) is 5.69 Å². The second-order valence-electron chi connectivity index (χ2n) is 7.22. The van der Waals surface area contributed by atoms with Gasteiger partial charge in [0, 0.05) is 35.3 Å². The van der Waals surface area contributed by atoms with Crippen LogP contribution in [0.5, 0.6) is 0 Å². The topological polar surface area (TPSA) is 115 Å². The minimum atomic E-state index is -1.08. The van der Waals surface area contributed by atoms with Crippen molar-refractivity contribution < 1.29 is 18.5 Å². The lowest BCUT2D eigenvalue weighted by atomic mass is 10.2. The number of carbonyl (C=O) groups excluding carboxylic acids is 1. The van der Waals surface area contributed by atoms with Gasteiger partial charge in [0.1, 0.15) is 0 Å². The van der Waals surface area contributed by atoms with E-state index in [0.717, 1.165) is 17.7 Å². The van der Waals surface area contributed by atoms with Crippen molar-refractivity contribution in [3.05, 3.63) is 106 Å². The molecule has 178 valence electrons. The zero-order chi connectivity index (χ0) is 24.8. The molecular weight excluding hydrogens is 478 g/mol. The quantitative estimate of drug-likeness (QED) is 0.200. The van der Waals surface area contributed by atoms with E-state index in [1.807, 2.05) is 30.3 Å². The molecule has 9 nitrogen and oxygen atoms in total. The van der Waals surface area contributed by atoms with Gasteiger partial charge >= 0.3 is 6.03 Å². The summed E-state index contributed by atoms with van der Waals surface area (Å²) in [4.78, 5) is 22.8. The van der Waals surface area contributed by atoms with Gasteiger partial charge in [-0.3, -0.25) is 14.7 Å². The number of carbonyl (C=O) groups is 1. The number of nitrogens with one attached hydrogen (secondary N) is 2. The van der Waals surface area contributed by atoms with Crippen molar-refractivity contribution in [3.8, 4) is 5.69 Å².